The Morgan fingerprint density at radius 2 is 1.29 bits per heavy atom. The van der Waals surface area contributed by atoms with E-state index in [0.29, 0.717) is 30.3 Å². The van der Waals surface area contributed by atoms with Crippen LogP contribution in [0.15, 0.2) is 97.2 Å². The summed E-state index contributed by atoms with van der Waals surface area (Å²) in [5, 5.41) is 0.773. The van der Waals surface area contributed by atoms with Crippen molar-refractivity contribution in [3.05, 3.63) is 131 Å². The fourth-order valence-corrected chi connectivity index (χ4v) is 4.07. The summed E-state index contributed by atoms with van der Waals surface area (Å²) in [6.07, 6.45) is 0.279. The first kappa shape index (κ1) is 25.1. The first-order chi connectivity index (χ1) is 18.4. The van der Waals surface area contributed by atoms with Crippen LogP contribution in [-0.4, -0.2) is 4.98 Å². The molecule has 0 amide bonds. The van der Waals surface area contributed by atoms with Gasteiger partial charge in [0.2, 0.25) is 0 Å². The highest BCUT2D eigenvalue weighted by Crippen LogP contribution is 2.37. The van der Waals surface area contributed by atoms with E-state index in [1.54, 1.807) is 18.3 Å². The minimum atomic E-state index is -4.74. The molecule has 7 heteroatoms. The van der Waals surface area contributed by atoms with E-state index in [2.05, 4.69) is 4.98 Å². The van der Waals surface area contributed by atoms with Crippen molar-refractivity contribution in [1.82, 2.24) is 4.98 Å². The number of ether oxygens (including phenoxy) is 2. The zero-order chi connectivity index (χ0) is 26.5. The number of rotatable bonds is 8. The predicted octanol–water partition coefficient (Wildman–Crippen LogP) is 8.65. The van der Waals surface area contributed by atoms with Crippen LogP contribution in [0.4, 0.5) is 17.6 Å². The maximum absolute atomic E-state index is 14.0. The van der Waals surface area contributed by atoms with Crippen molar-refractivity contribution >= 4 is 23.1 Å². The predicted molar refractivity (Wildman–Crippen MR) is 140 cm³/mol. The van der Waals surface area contributed by atoms with Gasteiger partial charge < -0.3 is 14.5 Å². The van der Waals surface area contributed by atoms with Crippen molar-refractivity contribution < 1.29 is 27.0 Å². The van der Waals surface area contributed by atoms with Gasteiger partial charge in [-0.05, 0) is 46.5 Å². The van der Waals surface area contributed by atoms with Gasteiger partial charge in [0.25, 0.3) is 0 Å². The number of fused-ring (bicyclic) bond motifs is 1. The Morgan fingerprint density at radius 1 is 0.684 bits per heavy atom. The highest BCUT2D eigenvalue weighted by Gasteiger charge is 2.33. The molecule has 5 aromatic rings. The summed E-state index contributed by atoms with van der Waals surface area (Å²) >= 11 is 0. The van der Waals surface area contributed by atoms with Crippen LogP contribution in [0.2, 0.25) is 0 Å². The third-order valence-electron chi connectivity index (χ3n) is 5.97. The lowest BCUT2D eigenvalue weighted by Crippen LogP contribution is -2.07. The summed E-state index contributed by atoms with van der Waals surface area (Å²) in [6.45, 7) is 0.712. The van der Waals surface area contributed by atoms with Crippen LogP contribution in [0, 0.1) is 5.82 Å². The van der Waals surface area contributed by atoms with E-state index < -0.39 is 17.6 Å². The minimum absolute atomic E-state index is 0.306. The van der Waals surface area contributed by atoms with Crippen LogP contribution in [-0.2, 0) is 19.4 Å². The molecular formula is C31H23F4NO2. The molecule has 0 radical (unpaired) electrons. The van der Waals surface area contributed by atoms with Gasteiger partial charge in [0.15, 0.2) is 0 Å². The van der Waals surface area contributed by atoms with Crippen LogP contribution >= 0.6 is 0 Å². The van der Waals surface area contributed by atoms with Crippen LogP contribution in [0.3, 0.4) is 0 Å². The molecule has 0 unspecified atom stereocenters. The van der Waals surface area contributed by atoms with Gasteiger partial charge in [-0.1, -0.05) is 78.9 Å². The maximum Gasteiger partial charge on any atom is 0.419 e. The lowest BCUT2D eigenvalue weighted by atomic mass is 10.1. The lowest BCUT2D eigenvalue weighted by molar-refractivity contribution is -0.140. The largest absolute Gasteiger partial charge is 0.488 e. The number of hydrogen-bond donors (Lipinski definition) is 1. The Morgan fingerprint density at radius 3 is 1.89 bits per heavy atom. The number of alkyl halides is 3. The molecule has 0 bridgehead atoms. The summed E-state index contributed by atoms with van der Waals surface area (Å²) in [6, 6.07) is 26.1. The molecule has 0 aliphatic rings. The molecule has 0 atom stereocenters. The van der Waals surface area contributed by atoms with Gasteiger partial charge in [0.1, 0.15) is 30.5 Å². The quantitative estimate of drug-likeness (QED) is 0.165. The number of benzene rings is 4. The van der Waals surface area contributed by atoms with E-state index in [4.69, 9.17) is 9.47 Å². The van der Waals surface area contributed by atoms with Crippen LogP contribution in [0.5, 0.6) is 11.5 Å². The van der Waals surface area contributed by atoms with Crippen LogP contribution < -0.4 is 9.47 Å². The standard InChI is InChI=1S/C31H23F4NO2/c32-26-15-21(13-14-25(26)31(33,34)35)11-12-24-16-27-30(28(17-24)37-19-22-7-3-1-4-8-22)29(18-36-27)38-20-23-9-5-2-6-10-23/h1-18,36H,19-20H2/b12-11+. The zero-order valence-electron chi connectivity index (χ0n) is 20.1. The summed E-state index contributed by atoms with van der Waals surface area (Å²) in [5.74, 6) is -0.104. The van der Waals surface area contributed by atoms with E-state index in [9.17, 15) is 17.6 Å². The molecule has 0 fully saturated rings. The van der Waals surface area contributed by atoms with E-state index in [1.807, 2.05) is 72.8 Å². The second kappa shape index (κ2) is 10.8. The van der Waals surface area contributed by atoms with Gasteiger partial charge in [-0.2, -0.15) is 13.2 Å². The van der Waals surface area contributed by atoms with Crippen molar-refractivity contribution in [2.45, 2.75) is 19.4 Å². The summed E-state index contributed by atoms with van der Waals surface area (Å²) < 4.78 is 65.0. The summed E-state index contributed by atoms with van der Waals surface area (Å²) in [4.78, 5) is 3.21. The number of hydrogen-bond acceptors (Lipinski definition) is 2. The highest BCUT2D eigenvalue weighted by molar-refractivity contribution is 5.94. The molecule has 0 saturated carbocycles. The summed E-state index contributed by atoms with van der Waals surface area (Å²) in [5.41, 5.74) is 2.51. The zero-order valence-corrected chi connectivity index (χ0v) is 20.1. The Labute approximate surface area is 217 Å². The molecule has 1 aromatic heterocycles. The molecule has 38 heavy (non-hydrogen) atoms. The number of H-pyrrole nitrogens is 1. The van der Waals surface area contributed by atoms with Crippen molar-refractivity contribution in [1.29, 1.82) is 0 Å². The Balaban J connectivity index is 1.45. The first-order valence-corrected chi connectivity index (χ1v) is 11.9. The number of aromatic nitrogens is 1. The third kappa shape index (κ3) is 5.89. The van der Waals surface area contributed by atoms with E-state index in [-0.39, 0.29) is 0 Å². The maximum atomic E-state index is 14.0. The van der Waals surface area contributed by atoms with Gasteiger partial charge in [0.05, 0.1) is 16.5 Å². The Bertz CT molecular complexity index is 1560. The molecule has 1 N–H and O–H groups in total. The van der Waals surface area contributed by atoms with Crippen molar-refractivity contribution in [3.8, 4) is 11.5 Å². The molecule has 5 rings (SSSR count). The normalized spacial score (nSPS) is 11.8. The van der Waals surface area contributed by atoms with Crippen LogP contribution in [0.25, 0.3) is 23.1 Å². The monoisotopic (exact) mass is 517 g/mol. The van der Waals surface area contributed by atoms with Crippen molar-refractivity contribution in [2.75, 3.05) is 0 Å². The topological polar surface area (TPSA) is 34.2 Å². The van der Waals surface area contributed by atoms with Gasteiger partial charge in [-0.25, -0.2) is 4.39 Å². The van der Waals surface area contributed by atoms with Gasteiger partial charge in [-0.15, -0.1) is 0 Å². The van der Waals surface area contributed by atoms with Crippen LogP contribution in [0.1, 0.15) is 27.8 Å². The Kier molecular flexibility index (Phi) is 7.18. The molecule has 0 aliphatic carbocycles. The van der Waals surface area contributed by atoms with E-state index >= 15 is 0 Å². The SMILES string of the molecule is Fc1cc(/C=C/c2cc(OCc3ccccc3)c3c(OCc4ccccc4)c[nH]c3c2)ccc1C(F)(F)F. The fraction of sp³-hybridized carbons (Fsp3) is 0.0968. The molecule has 0 saturated heterocycles. The molecule has 0 aliphatic heterocycles. The number of halogens is 4. The summed E-state index contributed by atoms with van der Waals surface area (Å²) in [7, 11) is 0. The van der Waals surface area contributed by atoms with Gasteiger partial charge in [-0.3, -0.25) is 0 Å². The average Bonchev–Trinajstić information content (AvgIpc) is 3.33. The molecule has 1 heterocycles. The smallest absolute Gasteiger partial charge is 0.419 e. The average molecular weight is 518 g/mol. The van der Waals surface area contributed by atoms with E-state index in [0.717, 1.165) is 39.7 Å². The third-order valence-corrected chi connectivity index (χ3v) is 5.97. The lowest BCUT2D eigenvalue weighted by Gasteiger charge is -2.12. The fourth-order valence-electron chi connectivity index (χ4n) is 4.07. The molecular weight excluding hydrogens is 494 g/mol. The minimum Gasteiger partial charge on any atom is -0.488 e. The molecule has 0 spiro atoms. The molecule has 192 valence electrons. The first-order valence-electron chi connectivity index (χ1n) is 11.9. The van der Waals surface area contributed by atoms with Crippen molar-refractivity contribution in [3.63, 3.8) is 0 Å². The number of aromatic amines is 1. The molecule has 4 aromatic carbocycles. The van der Waals surface area contributed by atoms with Gasteiger partial charge >= 0.3 is 6.18 Å². The second-order valence-electron chi connectivity index (χ2n) is 8.71. The molecule has 3 nitrogen and oxygen atoms in total. The highest BCUT2D eigenvalue weighted by atomic mass is 19.4. The van der Waals surface area contributed by atoms with Crippen molar-refractivity contribution in [2.24, 2.45) is 0 Å². The second-order valence-corrected chi connectivity index (χ2v) is 8.71. The number of nitrogens with one attached hydrogen (secondary N) is 1. The van der Waals surface area contributed by atoms with E-state index in [1.165, 1.54) is 6.07 Å². The Hall–Kier alpha value is -4.52. The van der Waals surface area contributed by atoms with Gasteiger partial charge in [0, 0.05) is 6.20 Å².